The maximum atomic E-state index is 2.46. The predicted molar refractivity (Wildman–Crippen MR) is 115 cm³/mol. The van der Waals surface area contributed by atoms with Crippen LogP contribution in [0.4, 0.5) is 0 Å². The van der Waals surface area contributed by atoms with Crippen molar-refractivity contribution in [2.45, 2.75) is 84.5 Å². The molecule has 1 aromatic carbocycles. The van der Waals surface area contributed by atoms with Crippen molar-refractivity contribution in [2.75, 3.05) is 0 Å². The summed E-state index contributed by atoms with van der Waals surface area (Å²) in [5.41, 5.74) is 4.46. The van der Waals surface area contributed by atoms with Gasteiger partial charge in [0.2, 0.25) is 0 Å². The third-order valence-electron chi connectivity index (χ3n) is 6.93. The molecule has 1 aromatic rings. The monoisotopic (exact) mass is 350 g/mol. The van der Waals surface area contributed by atoms with Gasteiger partial charge in [0.25, 0.3) is 0 Å². The summed E-state index contributed by atoms with van der Waals surface area (Å²) in [7, 11) is 0. The molecule has 0 radical (unpaired) electrons. The molecule has 0 N–H and O–H groups in total. The molecule has 2 saturated carbocycles. The molecule has 0 aromatic heterocycles. The minimum atomic E-state index is 0.820. The minimum absolute atomic E-state index is 0.820. The zero-order chi connectivity index (χ0) is 18.4. The summed E-state index contributed by atoms with van der Waals surface area (Å²) in [6.07, 6.45) is 19.6. The second-order valence-electron chi connectivity index (χ2n) is 9.01. The Labute approximate surface area is 161 Å². The maximum absolute atomic E-state index is 2.46. The van der Waals surface area contributed by atoms with Crippen molar-refractivity contribution in [1.82, 2.24) is 0 Å². The lowest BCUT2D eigenvalue weighted by Gasteiger charge is -2.37. The first-order chi connectivity index (χ1) is 12.7. The number of benzene rings is 1. The SMILES string of the molecule is CCc1ccc(C2CCC(C3CCC(/C=C/C=C(C)C)CC3)CC2)cc1. The van der Waals surface area contributed by atoms with Crippen LogP contribution in [0.1, 0.15) is 89.2 Å². The summed E-state index contributed by atoms with van der Waals surface area (Å²) in [6, 6.07) is 9.47. The average Bonchev–Trinajstić information content (AvgIpc) is 2.68. The summed E-state index contributed by atoms with van der Waals surface area (Å²) in [6.45, 7) is 6.60. The van der Waals surface area contributed by atoms with Gasteiger partial charge in [0, 0.05) is 0 Å². The zero-order valence-corrected chi connectivity index (χ0v) is 17.2. The van der Waals surface area contributed by atoms with Crippen molar-refractivity contribution in [3.8, 4) is 0 Å². The second-order valence-corrected chi connectivity index (χ2v) is 9.01. The van der Waals surface area contributed by atoms with Crippen molar-refractivity contribution in [3.05, 3.63) is 59.2 Å². The van der Waals surface area contributed by atoms with E-state index in [4.69, 9.17) is 0 Å². The largest absolute Gasteiger partial charge is 0.0814 e. The zero-order valence-electron chi connectivity index (χ0n) is 17.2. The van der Waals surface area contributed by atoms with Crippen LogP contribution in [0.15, 0.2) is 48.1 Å². The van der Waals surface area contributed by atoms with Gasteiger partial charge in [-0.05, 0) is 106 Å². The molecule has 0 saturated heterocycles. The molecule has 3 rings (SSSR count). The standard InChI is InChI=1S/C26H38/c1-4-21-8-12-23(13-9-21)25-16-18-26(19-17-25)24-14-10-22(11-15-24)7-5-6-20(2)3/h5-9,12-13,22,24-26H,4,10-11,14-19H2,1-3H3/b7-5+. The summed E-state index contributed by atoms with van der Waals surface area (Å²) in [5, 5.41) is 0. The van der Waals surface area contributed by atoms with Crippen molar-refractivity contribution in [1.29, 1.82) is 0 Å². The number of aryl methyl sites for hydroxylation is 1. The van der Waals surface area contributed by atoms with Crippen molar-refractivity contribution >= 4 is 0 Å². The highest BCUT2D eigenvalue weighted by molar-refractivity contribution is 5.25. The van der Waals surface area contributed by atoms with Crippen molar-refractivity contribution < 1.29 is 0 Å². The Morgan fingerprint density at radius 1 is 0.846 bits per heavy atom. The van der Waals surface area contributed by atoms with E-state index < -0.39 is 0 Å². The highest BCUT2D eigenvalue weighted by Crippen LogP contribution is 2.44. The first-order valence-corrected chi connectivity index (χ1v) is 11.1. The molecular formula is C26H38. The van der Waals surface area contributed by atoms with E-state index >= 15 is 0 Å². The van der Waals surface area contributed by atoms with E-state index in [1.54, 1.807) is 5.56 Å². The van der Waals surface area contributed by atoms with Gasteiger partial charge in [-0.3, -0.25) is 0 Å². The molecule has 142 valence electrons. The van der Waals surface area contributed by atoms with Crippen molar-refractivity contribution in [3.63, 3.8) is 0 Å². The maximum Gasteiger partial charge on any atom is -0.0162 e. The fraction of sp³-hybridized carbons (Fsp3) is 0.615. The van der Waals surface area contributed by atoms with Gasteiger partial charge in [-0.25, -0.2) is 0 Å². The van der Waals surface area contributed by atoms with Gasteiger partial charge in [0.05, 0.1) is 0 Å². The van der Waals surface area contributed by atoms with Gasteiger partial charge in [0.1, 0.15) is 0 Å². The molecule has 0 spiro atoms. The highest BCUT2D eigenvalue weighted by Gasteiger charge is 2.30. The van der Waals surface area contributed by atoms with Gasteiger partial charge in [0.15, 0.2) is 0 Å². The van der Waals surface area contributed by atoms with Crippen LogP contribution in [0.25, 0.3) is 0 Å². The van der Waals surface area contributed by atoms with Gasteiger partial charge in [-0.1, -0.05) is 55.0 Å². The quantitative estimate of drug-likeness (QED) is 0.474. The van der Waals surface area contributed by atoms with Gasteiger partial charge < -0.3 is 0 Å². The van der Waals surface area contributed by atoms with E-state index in [0.29, 0.717) is 0 Å². The Morgan fingerprint density at radius 3 is 1.96 bits per heavy atom. The first kappa shape index (κ1) is 19.5. The van der Waals surface area contributed by atoms with E-state index in [1.165, 1.54) is 62.5 Å². The van der Waals surface area contributed by atoms with Crippen LogP contribution in [0.5, 0.6) is 0 Å². The average molecular weight is 351 g/mol. The summed E-state index contributed by atoms with van der Waals surface area (Å²) >= 11 is 0. The van der Waals surface area contributed by atoms with Crippen molar-refractivity contribution in [2.24, 2.45) is 17.8 Å². The van der Waals surface area contributed by atoms with Crippen LogP contribution < -0.4 is 0 Å². The third-order valence-corrected chi connectivity index (χ3v) is 6.93. The Bertz CT molecular complexity index is 583. The number of hydrogen-bond acceptors (Lipinski definition) is 0. The van der Waals surface area contributed by atoms with Crippen LogP contribution in [-0.2, 0) is 6.42 Å². The number of hydrogen-bond donors (Lipinski definition) is 0. The Balaban J connectivity index is 1.44. The van der Waals surface area contributed by atoms with Crippen LogP contribution >= 0.6 is 0 Å². The summed E-state index contributed by atoms with van der Waals surface area (Å²) < 4.78 is 0. The molecule has 2 aliphatic carbocycles. The number of rotatable bonds is 5. The van der Waals surface area contributed by atoms with Gasteiger partial charge >= 0.3 is 0 Å². The lowest BCUT2D eigenvalue weighted by atomic mass is 9.68. The predicted octanol–water partition coefficient (Wildman–Crippen LogP) is 7.85. The lowest BCUT2D eigenvalue weighted by Crippen LogP contribution is -2.25. The van der Waals surface area contributed by atoms with Crippen LogP contribution in [0.3, 0.4) is 0 Å². The molecule has 0 bridgehead atoms. The topological polar surface area (TPSA) is 0 Å². The molecule has 0 aliphatic heterocycles. The number of allylic oxidation sites excluding steroid dienone is 4. The van der Waals surface area contributed by atoms with Crippen LogP contribution in [0, 0.1) is 17.8 Å². The molecule has 0 amide bonds. The fourth-order valence-corrected chi connectivity index (χ4v) is 5.16. The van der Waals surface area contributed by atoms with Crippen LogP contribution in [0.2, 0.25) is 0 Å². The minimum Gasteiger partial charge on any atom is -0.0814 e. The molecule has 0 unspecified atom stereocenters. The molecule has 0 heterocycles. The Hall–Kier alpha value is -1.30. The van der Waals surface area contributed by atoms with Gasteiger partial charge in [-0.2, -0.15) is 0 Å². The van der Waals surface area contributed by atoms with E-state index in [1.807, 2.05) is 0 Å². The normalized spacial score (nSPS) is 29.7. The summed E-state index contributed by atoms with van der Waals surface area (Å²) in [4.78, 5) is 0. The molecular weight excluding hydrogens is 312 g/mol. The summed E-state index contributed by atoms with van der Waals surface area (Å²) in [5.74, 6) is 3.66. The van der Waals surface area contributed by atoms with E-state index in [9.17, 15) is 0 Å². The molecule has 26 heavy (non-hydrogen) atoms. The molecule has 2 aliphatic rings. The molecule has 0 atom stereocenters. The molecule has 2 fully saturated rings. The third kappa shape index (κ3) is 5.35. The first-order valence-electron chi connectivity index (χ1n) is 11.1. The van der Waals surface area contributed by atoms with Gasteiger partial charge in [-0.15, -0.1) is 0 Å². The second kappa shape index (κ2) is 9.58. The van der Waals surface area contributed by atoms with E-state index in [2.05, 4.69) is 63.3 Å². The molecule has 0 nitrogen and oxygen atoms in total. The Morgan fingerprint density at radius 2 is 1.42 bits per heavy atom. The smallest absolute Gasteiger partial charge is 0.0162 e. The van der Waals surface area contributed by atoms with E-state index in [0.717, 1.165) is 30.1 Å². The molecule has 0 heteroatoms. The highest BCUT2D eigenvalue weighted by atomic mass is 14.4. The van der Waals surface area contributed by atoms with Crippen LogP contribution in [-0.4, -0.2) is 0 Å². The fourth-order valence-electron chi connectivity index (χ4n) is 5.16. The van der Waals surface area contributed by atoms with E-state index in [-0.39, 0.29) is 0 Å². The Kier molecular flexibility index (Phi) is 7.17. The lowest BCUT2D eigenvalue weighted by molar-refractivity contribution is 0.171.